The third-order valence-electron chi connectivity index (χ3n) is 3.74. The fraction of sp³-hybridized carbons (Fsp3) is 0.625. The molecule has 6 nitrogen and oxygen atoms in total. The Hall–Kier alpha value is -1.66. The predicted molar refractivity (Wildman–Crippen MR) is 84.7 cm³/mol. The molecule has 0 aliphatic carbocycles. The highest BCUT2D eigenvalue weighted by Gasteiger charge is 2.33. The number of ether oxygens (including phenoxy) is 1. The quantitative estimate of drug-likeness (QED) is 0.877. The number of rotatable bonds is 2. The minimum absolute atomic E-state index is 0.412. The summed E-state index contributed by atoms with van der Waals surface area (Å²) in [6.45, 7) is 7.12. The highest BCUT2D eigenvalue weighted by Crippen LogP contribution is 2.32. The molecule has 0 spiro atoms. The van der Waals surface area contributed by atoms with E-state index in [4.69, 9.17) is 4.74 Å². The summed E-state index contributed by atoms with van der Waals surface area (Å²) in [4.78, 5) is 18.1. The molecule has 6 heteroatoms. The van der Waals surface area contributed by atoms with Crippen LogP contribution in [0, 0.1) is 0 Å². The van der Waals surface area contributed by atoms with Gasteiger partial charge in [0, 0.05) is 24.8 Å². The second kappa shape index (κ2) is 6.22. The average molecular weight is 307 g/mol. The van der Waals surface area contributed by atoms with Crippen molar-refractivity contribution >= 4 is 11.9 Å². The summed E-state index contributed by atoms with van der Waals surface area (Å²) in [5.74, 6) is 0.412. The van der Waals surface area contributed by atoms with Crippen molar-refractivity contribution < 1.29 is 14.6 Å². The third kappa shape index (κ3) is 4.42. The normalized spacial score (nSPS) is 18.8. The van der Waals surface area contributed by atoms with Gasteiger partial charge in [0.2, 0.25) is 0 Å². The largest absolute Gasteiger partial charge is 0.444 e. The topological polar surface area (TPSA) is 74.7 Å². The van der Waals surface area contributed by atoms with Crippen LogP contribution in [0.4, 0.5) is 10.6 Å². The van der Waals surface area contributed by atoms with E-state index in [1.54, 1.807) is 33.0 Å². The van der Waals surface area contributed by atoms with E-state index in [0.29, 0.717) is 18.7 Å². The first kappa shape index (κ1) is 16.7. The van der Waals surface area contributed by atoms with Crippen molar-refractivity contribution in [1.82, 2.24) is 9.88 Å². The number of piperidine rings is 1. The highest BCUT2D eigenvalue weighted by atomic mass is 16.6. The lowest BCUT2D eigenvalue weighted by molar-refractivity contribution is -0.0205. The van der Waals surface area contributed by atoms with E-state index in [-0.39, 0.29) is 0 Å². The van der Waals surface area contributed by atoms with Gasteiger partial charge in [0.05, 0.1) is 5.60 Å². The number of pyridine rings is 1. The summed E-state index contributed by atoms with van der Waals surface area (Å²) in [6.07, 6.45) is 2.46. The second-order valence-electron chi connectivity index (χ2n) is 6.89. The van der Waals surface area contributed by atoms with Crippen molar-refractivity contribution in [2.75, 3.05) is 25.5 Å². The SMILES string of the molecule is CN1CCC(O)(c2ccc(NC(=O)OC(C)(C)C)nc2)CC1. The standard InChI is InChI=1S/C16H25N3O3/c1-15(2,3)22-14(20)18-13-6-5-12(11-17-13)16(21)7-9-19(4)10-8-16/h5-6,11,21H,7-10H2,1-4H3,(H,17,18,20). The number of hydrogen-bond acceptors (Lipinski definition) is 5. The van der Waals surface area contributed by atoms with E-state index >= 15 is 0 Å². The van der Waals surface area contributed by atoms with Crippen LogP contribution in [-0.4, -0.2) is 46.8 Å². The fourth-order valence-electron chi connectivity index (χ4n) is 2.43. The maximum absolute atomic E-state index is 11.7. The lowest BCUT2D eigenvalue weighted by Gasteiger charge is -2.36. The van der Waals surface area contributed by atoms with Gasteiger partial charge < -0.3 is 14.7 Å². The first-order valence-electron chi connectivity index (χ1n) is 7.55. The summed E-state index contributed by atoms with van der Waals surface area (Å²) >= 11 is 0. The molecule has 1 fully saturated rings. The summed E-state index contributed by atoms with van der Waals surface area (Å²) in [6, 6.07) is 3.50. The van der Waals surface area contributed by atoms with Gasteiger partial charge in [0.15, 0.2) is 0 Å². The van der Waals surface area contributed by atoms with Gasteiger partial charge in [-0.15, -0.1) is 0 Å². The van der Waals surface area contributed by atoms with Crippen molar-refractivity contribution in [3.05, 3.63) is 23.9 Å². The van der Waals surface area contributed by atoms with Crippen LogP contribution >= 0.6 is 0 Å². The van der Waals surface area contributed by atoms with Crippen LogP contribution in [0.25, 0.3) is 0 Å². The molecule has 0 radical (unpaired) electrons. The summed E-state index contributed by atoms with van der Waals surface area (Å²) in [5.41, 5.74) is -0.590. The number of amides is 1. The Morgan fingerprint density at radius 2 is 2.00 bits per heavy atom. The van der Waals surface area contributed by atoms with Gasteiger partial charge in [0.1, 0.15) is 11.4 Å². The number of aliphatic hydroxyl groups is 1. The molecule has 0 aromatic carbocycles. The van der Waals surface area contributed by atoms with Crippen LogP contribution < -0.4 is 5.32 Å². The Morgan fingerprint density at radius 1 is 1.36 bits per heavy atom. The Kier molecular flexibility index (Phi) is 4.72. The molecule has 0 atom stereocenters. The number of likely N-dealkylation sites (tertiary alicyclic amines) is 1. The van der Waals surface area contributed by atoms with Gasteiger partial charge in [-0.1, -0.05) is 6.07 Å². The van der Waals surface area contributed by atoms with Crippen LogP contribution in [0.15, 0.2) is 18.3 Å². The van der Waals surface area contributed by atoms with E-state index in [9.17, 15) is 9.90 Å². The van der Waals surface area contributed by atoms with Crippen LogP contribution in [-0.2, 0) is 10.3 Å². The Balaban J connectivity index is 2.00. The molecule has 1 aliphatic heterocycles. The molecule has 122 valence electrons. The van der Waals surface area contributed by atoms with Crippen LogP contribution in [0.2, 0.25) is 0 Å². The molecule has 1 aliphatic rings. The van der Waals surface area contributed by atoms with E-state index in [1.807, 2.05) is 13.1 Å². The summed E-state index contributed by atoms with van der Waals surface area (Å²) in [7, 11) is 2.05. The van der Waals surface area contributed by atoms with Crippen molar-refractivity contribution in [3.8, 4) is 0 Å². The number of anilines is 1. The molecule has 1 aromatic rings. The zero-order valence-electron chi connectivity index (χ0n) is 13.7. The minimum Gasteiger partial charge on any atom is -0.444 e. The third-order valence-corrected chi connectivity index (χ3v) is 3.74. The molecule has 1 saturated heterocycles. The molecule has 0 saturated carbocycles. The van der Waals surface area contributed by atoms with Gasteiger partial charge in [0.25, 0.3) is 0 Å². The number of carbonyl (C=O) groups excluding carboxylic acids is 1. The number of nitrogens with zero attached hydrogens (tertiary/aromatic N) is 2. The van der Waals surface area contributed by atoms with Crippen LogP contribution in [0.3, 0.4) is 0 Å². The minimum atomic E-state index is -0.829. The van der Waals surface area contributed by atoms with Gasteiger partial charge in [-0.3, -0.25) is 5.32 Å². The van der Waals surface area contributed by atoms with E-state index in [2.05, 4.69) is 15.2 Å². The Bertz CT molecular complexity index is 514. The zero-order valence-corrected chi connectivity index (χ0v) is 13.7. The van der Waals surface area contributed by atoms with Crippen molar-refractivity contribution in [2.45, 2.75) is 44.8 Å². The lowest BCUT2D eigenvalue weighted by atomic mass is 9.85. The molecule has 2 rings (SSSR count). The van der Waals surface area contributed by atoms with E-state index in [0.717, 1.165) is 18.7 Å². The maximum atomic E-state index is 11.7. The summed E-state index contributed by atoms with van der Waals surface area (Å²) < 4.78 is 5.17. The van der Waals surface area contributed by atoms with Crippen molar-refractivity contribution in [3.63, 3.8) is 0 Å². The maximum Gasteiger partial charge on any atom is 0.413 e. The molecule has 0 bridgehead atoms. The fourth-order valence-corrected chi connectivity index (χ4v) is 2.43. The zero-order chi connectivity index (χ0) is 16.4. The summed E-state index contributed by atoms with van der Waals surface area (Å²) in [5, 5.41) is 13.3. The second-order valence-corrected chi connectivity index (χ2v) is 6.89. The molecule has 0 unspecified atom stereocenters. The lowest BCUT2D eigenvalue weighted by Crippen LogP contribution is -2.40. The first-order valence-corrected chi connectivity index (χ1v) is 7.55. The highest BCUT2D eigenvalue weighted by molar-refractivity contribution is 5.83. The van der Waals surface area contributed by atoms with Crippen molar-refractivity contribution in [1.29, 1.82) is 0 Å². The first-order chi connectivity index (χ1) is 10.2. The number of hydrogen-bond donors (Lipinski definition) is 2. The predicted octanol–water partition coefficient (Wildman–Crippen LogP) is 2.34. The molecule has 1 aromatic heterocycles. The number of nitrogens with one attached hydrogen (secondary N) is 1. The number of aromatic nitrogens is 1. The molecule has 2 N–H and O–H groups in total. The number of carbonyl (C=O) groups is 1. The Morgan fingerprint density at radius 3 is 2.50 bits per heavy atom. The van der Waals surface area contributed by atoms with Gasteiger partial charge in [-0.05, 0) is 46.7 Å². The van der Waals surface area contributed by atoms with Crippen LogP contribution in [0.1, 0.15) is 39.2 Å². The monoisotopic (exact) mass is 307 g/mol. The molecular weight excluding hydrogens is 282 g/mol. The Labute approximate surface area is 131 Å². The smallest absolute Gasteiger partial charge is 0.413 e. The van der Waals surface area contributed by atoms with Gasteiger partial charge in [-0.25, -0.2) is 9.78 Å². The molecule has 1 amide bonds. The van der Waals surface area contributed by atoms with Gasteiger partial charge >= 0.3 is 6.09 Å². The van der Waals surface area contributed by atoms with E-state index < -0.39 is 17.3 Å². The molecule has 22 heavy (non-hydrogen) atoms. The van der Waals surface area contributed by atoms with E-state index in [1.165, 1.54) is 0 Å². The van der Waals surface area contributed by atoms with Crippen molar-refractivity contribution in [2.24, 2.45) is 0 Å². The average Bonchev–Trinajstić information content (AvgIpc) is 2.41. The van der Waals surface area contributed by atoms with Gasteiger partial charge in [-0.2, -0.15) is 0 Å². The molecular formula is C16H25N3O3. The van der Waals surface area contributed by atoms with Crippen LogP contribution in [0.5, 0.6) is 0 Å². The molecule has 2 heterocycles.